The van der Waals surface area contributed by atoms with E-state index in [-0.39, 0.29) is 27.9 Å². The molecule has 0 aromatic heterocycles. The summed E-state index contributed by atoms with van der Waals surface area (Å²) in [7, 11) is -3.89. The Balaban J connectivity index is 2.24. The first kappa shape index (κ1) is 31.5. The average molecular weight is 527 g/mol. The molecule has 0 aromatic rings. The number of rotatable bonds is 9. The lowest BCUT2D eigenvalue weighted by atomic mass is 9.61. The smallest absolute Gasteiger partial charge is 0.192 e. The van der Waals surface area contributed by atoms with E-state index in [2.05, 4.69) is 95.4 Å². The summed E-state index contributed by atoms with van der Waals surface area (Å²) in [6.45, 7) is 33.1. The molecule has 1 N–H and O–H groups in total. The van der Waals surface area contributed by atoms with Crippen molar-refractivity contribution in [2.24, 2.45) is 23.2 Å². The highest BCUT2D eigenvalue weighted by atomic mass is 28.4. The molecule has 0 unspecified atom stereocenters. The summed E-state index contributed by atoms with van der Waals surface area (Å²) in [5, 5.41) is 11.1. The van der Waals surface area contributed by atoms with Gasteiger partial charge in [-0.1, -0.05) is 61.8 Å². The first-order valence-electron chi connectivity index (χ1n) is 14.6. The van der Waals surface area contributed by atoms with Crippen LogP contribution in [0.15, 0.2) is 0 Å². The molecule has 3 nitrogen and oxygen atoms in total. The van der Waals surface area contributed by atoms with Crippen molar-refractivity contribution in [3.05, 3.63) is 0 Å². The van der Waals surface area contributed by atoms with Crippen molar-refractivity contribution in [3.63, 3.8) is 0 Å². The first-order valence-corrected chi connectivity index (χ1v) is 20.4. The molecule has 0 amide bonds. The van der Waals surface area contributed by atoms with Gasteiger partial charge in [-0.25, -0.2) is 0 Å². The maximum absolute atomic E-state index is 10.7. The highest BCUT2D eigenvalue weighted by Gasteiger charge is 2.53. The summed E-state index contributed by atoms with van der Waals surface area (Å²) < 4.78 is 14.3. The van der Waals surface area contributed by atoms with Crippen LogP contribution in [-0.2, 0) is 8.85 Å². The zero-order valence-electron chi connectivity index (χ0n) is 26.1. The molecule has 2 saturated carbocycles. The van der Waals surface area contributed by atoms with E-state index in [1.54, 1.807) is 0 Å². The van der Waals surface area contributed by atoms with E-state index in [1.807, 2.05) is 0 Å². The van der Waals surface area contributed by atoms with Gasteiger partial charge < -0.3 is 14.0 Å². The standard InChI is InChI=1S/C30H62O3Si2/c1-22(23-18-19-24-25(31)16-15-21-30(23,24)10)17-20-26(32-34(11,12)27(2,3)4)29(8,9)33-35(13,14)28(5,6)7/h22-26,31H,15-21H2,1-14H3/t22-,23-,24+,25+,26+,30-/m1/s1. The fourth-order valence-corrected chi connectivity index (χ4v) is 9.92. The van der Waals surface area contributed by atoms with Crippen LogP contribution in [0.4, 0.5) is 0 Å². The van der Waals surface area contributed by atoms with Gasteiger partial charge in [0.05, 0.1) is 17.8 Å². The Hall–Kier alpha value is 0.314. The van der Waals surface area contributed by atoms with E-state index in [0.717, 1.165) is 12.8 Å². The molecule has 2 aliphatic carbocycles. The molecular weight excluding hydrogens is 464 g/mol. The molecule has 0 aliphatic heterocycles. The highest BCUT2D eigenvalue weighted by molar-refractivity contribution is 6.74. The third kappa shape index (κ3) is 6.85. The molecule has 0 radical (unpaired) electrons. The topological polar surface area (TPSA) is 38.7 Å². The molecule has 0 spiro atoms. The highest BCUT2D eigenvalue weighted by Crippen LogP contribution is 2.58. The second-order valence-corrected chi connectivity index (χ2v) is 25.6. The minimum Gasteiger partial charge on any atom is -0.411 e. The molecule has 0 bridgehead atoms. The van der Waals surface area contributed by atoms with Crippen molar-refractivity contribution in [2.75, 3.05) is 0 Å². The van der Waals surface area contributed by atoms with Crippen molar-refractivity contribution in [2.45, 2.75) is 168 Å². The van der Waals surface area contributed by atoms with E-state index in [0.29, 0.717) is 23.2 Å². The molecule has 0 aromatic carbocycles. The van der Waals surface area contributed by atoms with Crippen LogP contribution in [0.25, 0.3) is 0 Å². The van der Waals surface area contributed by atoms with Crippen molar-refractivity contribution < 1.29 is 14.0 Å². The van der Waals surface area contributed by atoms with Gasteiger partial charge in [-0.2, -0.15) is 0 Å². The summed E-state index contributed by atoms with van der Waals surface area (Å²) >= 11 is 0. The molecule has 208 valence electrons. The van der Waals surface area contributed by atoms with Crippen LogP contribution in [0.2, 0.25) is 36.3 Å². The Morgan fingerprint density at radius 3 is 1.91 bits per heavy atom. The Morgan fingerprint density at radius 1 is 0.857 bits per heavy atom. The molecular formula is C30H62O3Si2. The van der Waals surface area contributed by atoms with Gasteiger partial charge in [0.1, 0.15) is 0 Å². The predicted molar refractivity (Wildman–Crippen MR) is 157 cm³/mol. The minimum atomic E-state index is -1.95. The van der Waals surface area contributed by atoms with E-state index in [4.69, 9.17) is 8.85 Å². The summed E-state index contributed by atoms with van der Waals surface area (Å²) in [5.74, 6) is 1.85. The van der Waals surface area contributed by atoms with Gasteiger partial charge in [-0.3, -0.25) is 0 Å². The Kier molecular flexibility index (Phi) is 9.43. The maximum Gasteiger partial charge on any atom is 0.192 e. The van der Waals surface area contributed by atoms with Gasteiger partial charge in [0.15, 0.2) is 16.6 Å². The monoisotopic (exact) mass is 526 g/mol. The number of aliphatic hydroxyl groups excluding tert-OH is 1. The molecule has 2 rings (SSSR count). The third-order valence-corrected chi connectivity index (χ3v) is 20.2. The molecule has 5 heteroatoms. The quantitative estimate of drug-likeness (QED) is 0.304. The van der Waals surface area contributed by atoms with Crippen molar-refractivity contribution in [3.8, 4) is 0 Å². The minimum absolute atomic E-state index is 0.0856. The predicted octanol–water partition coefficient (Wildman–Crippen LogP) is 9.17. The van der Waals surface area contributed by atoms with Crippen LogP contribution in [0, 0.1) is 23.2 Å². The fourth-order valence-electron chi connectivity index (χ4n) is 6.70. The zero-order valence-corrected chi connectivity index (χ0v) is 28.1. The lowest BCUT2D eigenvalue weighted by Crippen LogP contribution is -2.56. The first-order chi connectivity index (χ1) is 15.6. The number of aliphatic hydroxyl groups is 1. The van der Waals surface area contributed by atoms with Crippen LogP contribution in [0.1, 0.15) is 114 Å². The van der Waals surface area contributed by atoms with Gasteiger partial charge in [0.25, 0.3) is 0 Å². The van der Waals surface area contributed by atoms with Gasteiger partial charge in [-0.15, -0.1) is 0 Å². The molecule has 0 heterocycles. The van der Waals surface area contributed by atoms with E-state index in [1.165, 1.54) is 32.1 Å². The Morgan fingerprint density at radius 2 is 1.40 bits per heavy atom. The number of hydrogen-bond donors (Lipinski definition) is 1. The van der Waals surface area contributed by atoms with Crippen LogP contribution in [0.3, 0.4) is 0 Å². The van der Waals surface area contributed by atoms with Crippen LogP contribution >= 0.6 is 0 Å². The molecule has 6 atom stereocenters. The zero-order chi connectivity index (χ0) is 27.3. The largest absolute Gasteiger partial charge is 0.411 e. The van der Waals surface area contributed by atoms with Gasteiger partial charge in [0, 0.05) is 0 Å². The summed E-state index contributed by atoms with van der Waals surface area (Å²) in [6, 6.07) is 0. The van der Waals surface area contributed by atoms with E-state index in [9.17, 15) is 5.11 Å². The fraction of sp³-hybridized carbons (Fsp3) is 1.00. The van der Waals surface area contributed by atoms with Crippen molar-refractivity contribution in [1.82, 2.24) is 0 Å². The SMILES string of the molecule is C[C@H](CC[C@H](O[Si](C)(C)C(C)(C)C)C(C)(C)O[Si](C)(C)C(C)(C)C)[C@H]1CC[C@H]2[C@@H](O)CCC[C@]12C. The average Bonchev–Trinajstić information content (AvgIpc) is 3.00. The third-order valence-electron chi connectivity index (χ3n) is 11.1. The van der Waals surface area contributed by atoms with Crippen LogP contribution in [-0.4, -0.2) is 39.6 Å². The lowest BCUT2D eigenvalue weighted by Gasteiger charge is -2.49. The molecule has 35 heavy (non-hydrogen) atoms. The maximum atomic E-state index is 10.7. The normalized spacial score (nSPS) is 30.8. The van der Waals surface area contributed by atoms with Crippen molar-refractivity contribution >= 4 is 16.6 Å². The van der Waals surface area contributed by atoms with Crippen LogP contribution < -0.4 is 0 Å². The number of hydrogen-bond acceptors (Lipinski definition) is 3. The summed E-state index contributed by atoms with van der Waals surface area (Å²) in [6.07, 6.45) is 8.19. The van der Waals surface area contributed by atoms with E-state index >= 15 is 0 Å². The van der Waals surface area contributed by atoms with E-state index < -0.39 is 16.6 Å². The second kappa shape index (κ2) is 10.5. The molecule has 0 saturated heterocycles. The Labute approximate surface area is 221 Å². The van der Waals surface area contributed by atoms with Crippen LogP contribution in [0.5, 0.6) is 0 Å². The van der Waals surface area contributed by atoms with Gasteiger partial charge >= 0.3 is 0 Å². The van der Waals surface area contributed by atoms with Crippen molar-refractivity contribution in [1.29, 1.82) is 0 Å². The summed E-state index contributed by atoms with van der Waals surface area (Å²) in [4.78, 5) is 0. The van der Waals surface area contributed by atoms with Gasteiger partial charge in [0.2, 0.25) is 0 Å². The second-order valence-electron chi connectivity index (χ2n) is 16.1. The molecule has 2 fully saturated rings. The van der Waals surface area contributed by atoms with Gasteiger partial charge in [-0.05, 0) is 112 Å². The number of fused-ring (bicyclic) bond motifs is 1. The Bertz CT molecular complexity index is 703. The lowest BCUT2D eigenvalue weighted by molar-refractivity contribution is -0.0447. The molecule has 2 aliphatic rings. The summed E-state index contributed by atoms with van der Waals surface area (Å²) in [5.41, 5.74) is -0.0125.